The van der Waals surface area contributed by atoms with Crippen molar-refractivity contribution in [1.29, 1.82) is 0 Å². The summed E-state index contributed by atoms with van der Waals surface area (Å²) in [7, 11) is 0. The molecule has 3 N–H and O–H groups in total. The van der Waals surface area contributed by atoms with Crippen molar-refractivity contribution in [1.82, 2.24) is 9.36 Å². The first kappa shape index (κ1) is 19.8. The van der Waals surface area contributed by atoms with E-state index >= 15 is 0 Å². The molecule has 2 heterocycles. The first-order valence-electron chi connectivity index (χ1n) is 10.3. The van der Waals surface area contributed by atoms with Gasteiger partial charge in [0.25, 0.3) is 0 Å². The van der Waals surface area contributed by atoms with Crippen LogP contribution in [-0.2, 0) is 4.74 Å². The standard InChI is InChI=1S/C19H30ClN3O3S/c20-18-22-19(27-23-18)21-9-14-10-26-17(16(25)15(14)24)13-7-6-12(8-13)5-4-11-2-1-3-11/h11-17,24-25H,1-10H2,(H,21,22,23)/t12?,13?,14-,15+,16+,17+/m0/s1. The van der Waals surface area contributed by atoms with E-state index in [0.717, 1.165) is 24.7 Å². The lowest BCUT2D eigenvalue weighted by atomic mass is 9.80. The predicted octanol–water partition coefficient (Wildman–Crippen LogP) is 3.34. The Balaban J connectivity index is 1.23. The number of nitrogens with zero attached hydrogens (tertiary/aromatic N) is 2. The molecule has 152 valence electrons. The zero-order valence-corrected chi connectivity index (χ0v) is 17.2. The summed E-state index contributed by atoms with van der Waals surface area (Å²) in [5.74, 6) is 1.94. The van der Waals surface area contributed by atoms with Crippen LogP contribution >= 0.6 is 23.1 Å². The second kappa shape index (κ2) is 8.91. The van der Waals surface area contributed by atoms with E-state index in [1.807, 2.05) is 0 Å². The van der Waals surface area contributed by atoms with Crippen molar-refractivity contribution >= 4 is 28.3 Å². The van der Waals surface area contributed by atoms with Gasteiger partial charge >= 0.3 is 0 Å². The zero-order valence-electron chi connectivity index (χ0n) is 15.6. The highest BCUT2D eigenvalue weighted by Gasteiger charge is 2.44. The fourth-order valence-corrected chi connectivity index (χ4v) is 5.64. The number of ether oxygens (including phenoxy) is 1. The van der Waals surface area contributed by atoms with Gasteiger partial charge in [-0.2, -0.15) is 9.36 Å². The molecule has 2 unspecified atom stereocenters. The fraction of sp³-hybridized carbons (Fsp3) is 0.895. The van der Waals surface area contributed by atoms with Crippen molar-refractivity contribution in [3.63, 3.8) is 0 Å². The van der Waals surface area contributed by atoms with Gasteiger partial charge in [0.05, 0.1) is 18.8 Å². The van der Waals surface area contributed by atoms with Crippen LogP contribution in [0.4, 0.5) is 5.13 Å². The summed E-state index contributed by atoms with van der Waals surface area (Å²) in [5.41, 5.74) is 0. The second-order valence-corrected chi connectivity index (χ2v) is 9.69. The van der Waals surface area contributed by atoms with E-state index in [0.29, 0.717) is 24.2 Å². The molecule has 27 heavy (non-hydrogen) atoms. The van der Waals surface area contributed by atoms with Crippen LogP contribution in [0.2, 0.25) is 5.28 Å². The molecule has 0 radical (unpaired) electrons. The summed E-state index contributed by atoms with van der Waals surface area (Å²) in [4.78, 5) is 4.04. The summed E-state index contributed by atoms with van der Waals surface area (Å²) in [6, 6.07) is 0. The fourth-order valence-electron chi connectivity index (χ4n) is 4.92. The summed E-state index contributed by atoms with van der Waals surface area (Å²) >= 11 is 6.91. The molecule has 0 amide bonds. The van der Waals surface area contributed by atoms with Gasteiger partial charge in [0.1, 0.15) is 6.10 Å². The molecule has 1 saturated heterocycles. The van der Waals surface area contributed by atoms with Gasteiger partial charge in [-0.25, -0.2) is 0 Å². The average Bonchev–Trinajstić information content (AvgIpc) is 3.24. The number of hydrogen-bond donors (Lipinski definition) is 3. The maximum atomic E-state index is 10.7. The predicted molar refractivity (Wildman–Crippen MR) is 106 cm³/mol. The van der Waals surface area contributed by atoms with Gasteiger partial charge in [0.2, 0.25) is 10.4 Å². The van der Waals surface area contributed by atoms with Gasteiger partial charge in [-0.05, 0) is 42.2 Å². The first-order chi connectivity index (χ1) is 13.1. The smallest absolute Gasteiger partial charge is 0.236 e. The Hall–Kier alpha value is -0.470. The topological polar surface area (TPSA) is 87.5 Å². The van der Waals surface area contributed by atoms with Crippen LogP contribution in [0.1, 0.15) is 51.4 Å². The van der Waals surface area contributed by atoms with Crippen molar-refractivity contribution in [2.45, 2.75) is 69.7 Å². The molecule has 0 aromatic carbocycles. The van der Waals surface area contributed by atoms with Crippen molar-refractivity contribution in [3.05, 3.63) is 5.28 Å². The minimum absolute atomic E-state index is 0.172. The SMILES string of the molecule is O[C@@H]1[C@@H](CNc2nc(Cl)ns2)CO[C@H](C2CCC(CCC3CCC3)C2)[C@@H]1O. The molecule has 0 bridgehead atoms. The molecule has 1 aromatic heterocycles. The van der Waals surface area contributed by atoms with Gasteiger partial charge in [-0.3, -0.25) is 0 Å². The molecule has 3 aliphatic rings. The highest BCUT2D eigenvalue weighted by atomic mass is 35.5. The maximum Gasteiger partial charge on any atom is 0.236 e. The van der Waals surface area contributed by atoms with Crippen LogP contribution in [0.15, 0.2) is 0 Å². The number of nitrogens with one attached hydrogen (secondary N) is 1. The van der Waals surface area contributed by atoms with E-state index in [1.165, 1.54) is 50.1 Å². The van der Waals surface area contributed by atoms with Crippen LogP contribution < -0.4 is 5.32 Å². The first-order valence-corrected chi connectivity index (χ1v) is 11.5. The lowest BCUT2D eigenvalue weighted by Gasteiger charge is -2.40. The lowest BCUT2D eigenvalue weighted by molar-refractivity contribution is -0.177. The quantitative estimate of drug-likeness (QED) is 0.633. The largest absolute Gasteiger partial charge is 0.390 e. The van der Waals surface area contributed by atoms with Gasteiger partial charge in [-0.15, -0.1) is 0 Å². The number of anilines is 1. The van der Waals surface area contributed by atoms with E-state index in [-0.39, 0.29) is 17.3 Å². The molecule has 3 fully saturated rings. The Kier molecular flexibility index (Phi) is 6.54. The van der Waals surface area contributed by atoms with Gasteiger partial charge in [0, 0.05) is 24.0 Å². The Morgan fingerprint density at radius 3 is 2.63 bits per heavy atom. The minimum atomic E-state index is -0.820. The number of aliphatic hydroxyl groups is 2. The highest BCUT2D eigenvalue weighted by molar-refractivity contribution is 7.09. The van der Waals surface area contributed by atoms with Crippen LogP contribution in [0.25, 0.3) is 0 Å². The molecule has 6 atom stereocenters. The summed E-state index contributed by atoms with van der Waals surface area (Å²) in [6.07, 6.45) is 8.60. The second-order valence-electron chi connectivity index (χ2n) is 8.60. The monoisotopic (exact) mass is 415 g/mol. The molecule has 1 aliphatic heterocycles. The van der Waals surface area contributed by atoms with Gasteiger partial charge < -0.3 is 20.3 Å². The molecule has 8 heteroatoms. The molecule has 0 spiro atoms. The van der Waals surface area contributed by atoms with Crippen molar-refractivity contribution < 1.29 is 14.9 Å². The number of halogens is 1. The van der Waals surface area contributed by atoms with Crippen LogP contribution in [0, 0.1) is 23.7 Å². The van der Waals surface area contributed by atoms with E-state index in [9.17, 15) is 10.2 Å². The lowest BCUT2D eigenvalue weighted by Crippen LogP contribution is -2.54. The van der Waals surface area contributed by atoms with Crippen molar-refractivity contribution in [3.8, 4) is 0 Å². The molecule has 2 aliphatic carbocycles. The van der Waals surface area contributed by atoms with E-state index in [1.54, 1.807) is 0 Å². The van der Waals surface area contributed by atoms with Crippen molar-refractivity contribution in [2.75, 3.05) is 18.5 Å². The van der Waals surface area contributed by atoms with Crippen molar-refractivity contribution in [2.24, 2.45) is 23.7 Å². The number of aliphatic hydroxyl groups excluding tert-OH is 2. The normalized spacial score (nSPS) is 37.3. The third kappa shape index (κ3) is 4.75. The third-order valence-electron chi connectivity index (χ3n) is 6.84. The maximum absolute atomic E-state index is 10.7. The van der Waals surface area contributed by atoms with Crippen LogP contribution in [0.3, 0.4) is 0 Å². The average molecular weight is 416 g/mol. The van der Waals surface area contributed by atoms with E-state index in [2.05, 4.69) is 14.7 Å². The number of aromatic nitrogens is 2. The molecular formula is C19H30ClN3O3S. The molecule has 6 nitrogen and oxygen atoms in total. The van der Waals surface area contributed by atoms with E-state index < -0.39 is 12.2 Å². The zero-order chi connectivity index (χ0) is 18.8. The van der Waals surface area contributed by atoms with Crippen LogP contribution in [-0.4, -0.2) is 51.0 Å². The van der Waals surface area contributed by atoms with Crippen LogP contribution in [0.5, 0.6) is 0 Å². The Labute approximate surface area is 169 Å². The molecular weight excluding hydrogens is 386 g/mol. The summed E-state index contributed by atoms with van der Waals surface area (Å²) < 4.78 is 9.96. The molecule has 4 rings (SSSR count). The minimum Gasteiger partial charge on any atom is -0.390 e. The Morgan fingerprint density at radius 1 is 1.11 bits per heavy atom. The highest BCUT2D eigenvalue weighted by Crippen LogP contribution is 2.42. The van der Waals surface area contributed by atoms with Gasteiger partial charge in [0.15, 0.2) is 0 Å². The van der Waals surface area contributed by atoms with E-state index in [4.69, 9.17) is 16.3 Å². The third-order valence-corrected chi connectivity index (χ3v) is 7.79. The number of rotatable bonds is 7. The number of hydrogen-bond acceptors (Lipinski definition) is 7. The molecule has 2 saturated carbocycles. The Bertz CT molecular complexity index is 615. The summed E-state index contributed by atoms with van der Waals surface area (Å²) in [6.45, 7) is 0.927. The molecule has 1 aromatic rings. The Morgan fingerprint density at radius 2 is 1.93 bits per heavy atom. The summed E-state index contributed by atoms with van der Waals surface area (Å²) in [5, 5.41) is 25.2. The van der Waals surface area contributed by atoms with Gasteiger partial charge in [-0.1, -0.05) is 38.5 Å².